The van der Waals surface area contributed by atoms with E-state index in [1.165, 1.54) is 22.8 Å². The molecule has 1 aliphatic rings. The average Bonchev–Trinajstić information content (AvgIpc) is 2.77. The van der Waals surface area contributed by atoms with Gasteiger partial charge in [-0.15, -0.1) is 0 Å². The molecule has 0 saturated carbocycles. The molecule has 2 aromatic rings. The lowest BCUT2D eigenvalue weighted by Gasteiger charge is -2.06. The smallest absolute Gasteiger partial charge is 0.349 e. The van der Waals surface area contributed by atoms with E-state index in [2.05, 4.69) is 10.3 Å². The van der Waals surface area contributed by atoms with E-state index in [0.717, 1.165) is 0 Å². The van der Waals surface area contributed by atoms with Crippen LogP contribution in [0.5, 0.6) is 0 Å². The van der Waals surface area contributed by atoms with Gasteiger partial charge in [0.15, 0.2) is 0 Å². The van der Waals surface area contributed by atoms with Crippen LogP contribution in [-0.2, 0) is 16.7 Å². The first kappa shape index (κ1) is 11.2. The zero-order valence-electron chi connectivity index (χ0n) is 9.12. The fourth-order valence-electron chi connectivity index (χ4n) is 2.05. The first-order valence-corrected chi connectivity index (χ1v) is 6.67. The van der Waals surface area contributed by atoms with Gasteiger partial charge in [-0.1, -0.05) is 0 Å². The number of hydrogen-bond acceptors (Lipinski definition) is 5. The maximum atomic E-state index is 11.7. The Morgan fingerprint density at radius 2 is 2.17 bits per heavy atom. The summed E-state index contributed by atoms with van der Waals surface area (Å²) < 4.78 is 32.6. The van der Waals surface area contributed by atoms with Crippen molar-refractivity contribution >= 4 is 26.8 Å². The molecule has 0 radical (unpaired) electrons. The van der Waals surface area contributed by atoms with E-state index >= 15 is 0 Å². The molecule has 0 aliphatic carbocycles. The van der Waals surface area contributed by atoms with Crippen molar-refractivity contribution in [2.75, 3.05) is 11.9 Å². The quantitative estimate of drug-likeness (QED) is 0.709. The topological polar surface area (TPSA) is 101 Å². The maximum Gasteiger partial charge on any atom is 0.349 e. The molecule has 0 atom stereocenters. The summed E-state index contributed by atoms with van der Waals surface area (Å²) in [7, 11) is -4.26. The highest BCUT2D eigenvalue weighted by molar-refractivity contribution is 7.85. The third-order valence-electron chi connectivity index (χ3n) is 2.87. The van der Waals surface area contributed by atoms with E-state index in [-0.39, 0.29) is 10.6 Å². The normalized spacial score (nSPS) is 14.5. The summed E-state index contributed by atoms with van der Waals surface area (Å²) in [6, 6.07) is 3.93. The highest BCUT2D eigenvalue weighted by Gasteiger charge is 2.18. The molecule has 2 heterocycles. The van der Waals surface area contributed by atoms with Crippen LogP contribution < -0.4 is 11.0 Å². The third kappa shape index (κ3) is 1.57. The van der Waals surface area contributed by atoms with Gasteiger partial charge in [-0.05, 0) is 18.2 Å². The van der Waals surface area contributed by atoms with Gasteiger partial charge < -0.3 is 5.32 Å². The lowest BCUT2D eigenvalue weighted by Crippen LogP contribution is -2.20. The van der Waals surface area contributed by atoms with Crippen molar-refractivity contribution in [1.82, 2.24) is 9.55 Å². The minimum absolute atomic E-state index is 0.216. The summed E-state index contributed by atoms with van der Waals surface area (Å²) in [5, 5.41) is 3.51. The van der Waals surface area contributed by atoms with Crippen molar-refractivity contribution in [3.63, 3.8) is 0 Å². The molecule has 7 nitrogen and oxygen atoms in total. The van der Waals surface area contributed by atoms with E-state index in [1.807, 2.05) is 0 Å². The Kier molecular flexibility index (Phi) is 2.19. The second-order valence-corrected chi connectivity index (χ2v) is 5.40. The van der Waals surface area contributed by atoms with Gasteiger partial charge in [0.05, 0.1) is 10.4 Å². The Balaban J connectivity index is 2.42. The first-order valence-electron chi connectivity index (χ1n) is 5.23. The molecule has 0 unspecified atom stereocenters. The summed E-state index contributed by atoms with van der Waals surface area (Å²) in [4.78, 5) is 15.3. The minimum atomic E-state index is -4.26. The molecular formula is C10H9N3O4S. The summed E-state index contributed by atoms with van der Waals surface area (Å²) in [5.74, 6) is 0.538. The van der Waals surface area contributed by atoms with E-state index < -0.39 is 10.1 Å². The number of hydrogen-bond donors (Lipinski definition) is 2. The number of benzene rings is 1. The lowest BCUT2D eigenvalue weighted by atomic mass is 10.2. The number of anilines is 1. The van der Waals surface area contributed by atoms with Crippen molar-refractivity contribution < 1.29 is 13.0 Å². The van der Waals surface area contributed by atoms with Gasteiger partial charge in [0.1, 0.15) is 5.82 Å². The maximum absolute atomic E-state index is 11.7. The standard InChI is InChI=1S/C10H9N3O4S/c14-10-12-8-2-1-6(18(15,16)17)5-7(8)9-11-3-4-13(9)10/h1-2,5,11H,3-4H2,(H,15,16,17). The fraction of sp³-hybridized carbons (Fsp3) is 0.200. The Hall–Kier alpha value is -1.93. The van der Waals surface area contributed by atoms with Crippen molar-refractivity contribution in [3.8, 4) is 0 Å². The molecule has 94 valence electrons. The van der Waals surface area contributed by atoms with Crippen molar-refractivity contribution in [2.24, 2.45) is 0 Å². The molecule has 18 heavy (non-hydrogen) atoms. The van der Waals surface area contributed by atoms with Gasteiger partial charge in [0.25, 0.3) is 10.1 Å². The van der Waals surface area contributed by atoms with E-state index in [1.54, 1.807) is 0 Å². The lowest BCUT2D eigenvalue weighted by molar-refractivity contribution is 0.483. The third-order valence-corrected chi connectivity index (χ3v) is 3.72. The summed E-state index contributed by atoms with van der Waals surface area (Å²) in [6.45, 7) is 1.08. The van der Waals surface area contributed by atoms with Gasteiger partial charge in [0.2, 0.25) is 0 Å². The molecule has 1 aromatic carbocycles. The van der Waals surface area contributed by atoms with Crippen LogP contribution >= 0.6 is 0 Å². The molecule has 2 N–H and O–H groups in total. The van der Waals surface area contributed by atoms with Gasteiger partial charge in [-0.2, -0.15) is 13.4 Å². The number of nitrogens with one attached hydrogen (secondary N) is 1. The van der Waals surface area contributed by atoms with Gasteiger partial charge in [0, 0.05) is 18.5 Å². The average molecular weight is 267 g/mol. The van der Waals surface area contributed by atoms with E-state index in [0.29, 0.717) is 29.8 Å². The van der Waals surface area contributed by atoms with E-state index in [9.17, 15) is 13.2 Å². The minimum Gasteiger partial charge on any atom is -0.369 e. The Morgan fingerprint density at radius 3 is 2.89 bits per heavy atom. The fourth-order valence-corrected chi connectivity index (χ4v) is 2.56. The van der Waals surface area contributed by atoms with Crippen LogP contribution in [-0.4, -0.2) is 29.1 Å². The Labute approximate surface area is 102 Å². The number of rotatable bonds is 1. The molecule has 1 aromatic heterocycles. The zero-order valence-corrected chi connectivity index (χ0v) is 9.94. The number of fused-ring (bicyclic) bond motifs is 3. The van der Waals surface area contributed by atoms with Crippen molar-refractivity contribution in [2.45, 2.75) is 11.4 Å². The van der Waals surface area contributed by atoms with Crippen molar-refractivity contribution in [1.29, 1.82) is 0 Å². The monoisotopic (exact) mass is 267 g/mol. The molecule has 0 saturated heterocycles. The van der Waals surface area contributed by atoms with Crippen LogP contribution in [0.15, 0.2) is 27.9 Å². The molecule has 0 spiro atoms. The van der Waals surface area contributed by atoms with Crippen LogP contribution in [0, 0.1) is 0 Å². The predicted molar refractivity (Wildman–Crippen MR) is 64.3 cm³/mol. The van der Waals surface area contributed by atoms with Crippen LogP contribution in [0.3, 0.4) is 0 Å². The van der Waals surface area contributed by atoms with Crippen LogP contribution in [0.1, 0.15) is 0 Å². The molecular weight excluding hydrogens is 258 g/mol. The highest BCUT2D eigenvalue weighted by atomic mass is 32.2. The van der Waals surface area contributed by atoms with Gasteiger partial charge >= 0.3 is 5.69 Å². The van der Waals surface area contributed by atoms with Crippen LogP contribution in [0.4, 0.5) is 5.82 Å². The molecule has 1 aliphatic heterocycles. The van der Waals surface area contributed by atoms with Crippen molar-refractivity contribution in [3.05, 3.63) is 28.7 Å². The van der Waals surface area contributed by atoms with E-state index in [4.69, 9.17) is 4.55 Å². The molecule has 8 heteroatoms. The number of aromatic nitrogens is 2. The second-order valence-electron chi connectivity index (χ2n) is 3.98. The molecule has 3 rings (SSSR count). The summed E-state index contributed by atoms with van der Waals surface area (Å²) in [5.41, 5.74) is 0.0233. The SMILES string of the molecule is O=c1nc2ccc(S(=O)(=O)O)cc2c2n1CCN2. The first-order chi connectivity index (χ1) is 8.47. The second kappa shape index (κ2) is 3.53. The Morgan fingerprint density at radius 1 is 1.39 bits per heavy atom. The van der Waals surface area contributed by atoms with Crippen LogP contribution in [0.25, 0.3) is 10.9 Å². The highest BCUT2D eigenvalue weighted by Crippen LogP contribution is 2.25. The number of nitrogens with zero attached hydrogens (tertiary/aromatic N) is 2. The van der Waals surface area contributed by atoms with Crippen LogP contribution in [0.2, 0.25) is 0 Å². The zero-order chi connectivity index (χ0) is 12.9. The van der Waals surface area contributed by atoms with Gasteiger partial charge in [-0.25, -0.2) is 4.79 Å². The Bertz CT molecular complexity index is 810. The molecule has 0 fully saturated rings. The summed E-state index contributed by atoms with van der Waals surface area (Å²) >= 11 is 0. The molecule has 0 bridgehead atoms. The predicted octanol–water partition coefficient (Wildman–Crippen LogP) is 0.0687. The summed E-state index contributed by atoms with van der Waals surface area (Å²) in [6.07, 6.45) is 0. The van der Waals surface area contributed by atoms with Gasteiger partial charge in [-0.3, -0.25) is 9.12 Å². The molecule has 0 amide bonds. The largest absolute Gasteiger partial charge is 0.369 e.